The second-order valence-corrected chi connectivity index (χ2v) is 6.64. The minimum atomic E-state index is 0.307. The predicted octanol–water partition coefficient (Wildman–Crippen LogP) is 2.92. The van der Waals surface area contributed by atoms with E-state index >= 15 is 0 Å². The van der Waals surface area contributed by atoms with Gasteiger partial charge in [-0.3, -0.25) is 4.68 Å². The molecule has 22 heavy (non-hydrogen) atoms. The minimum absolute atomic E-state index is 0.307. The molecule has 7 heteroatoms. The largest absolute Gasteiger partial charge is 0.339 e. The van der Waals surface area contributed by atoms with E-state index in [4.69, 9.17) is 16.1 Å². The lowest BCUT2D eigenvalue weighted by molar-refractivity contribution is 0.179. The fourth-order valence-electron chi connectivity index (χ4n) is 2.81. The van der Waals surface area contributed by atoms with Crippen molar-refractivity contribution < 1.29 is 4.52 Å². The van der Waals surface area contributed by atoms with Crippen LogP contribution in [0.3, 0.4) is 0 Å². The molecule has 0 N–H and O–H groups in total. The fraction of sp³-hybridized carbons (Fsp3) is 0.667. The van der Waals surface area contributed by atoms with Crippen molar-refractivity contribution in [1.29, 1.82) is 0 Å². The molecule has 3 rings (SSSR count). The zero-order valence-corrected chi connectivity index (χ0v) is 13.8. The second kappa shape index (κ2) is 6.79. The summed E-state index contributed by atoms with van der Waals surface area (Å²) in [6, 6.07) is 0. The number of piperidine rings is 1. The summed E-state index contributed by atoms with van der Waals surface area (Å²) in [6.07, 6.45) is 5.80. The highest BCUT2D eigenvalue weighted by Gasteiger charge is 2.26. The van der Waals surface area contributed by atoms with Crippen LogP contribution >= 0.6 is 11.6 Å². The molecule has 0 amide bonds. The lowest BCUT2D eigenvalue weighted by atomic mass is 9.98. The molecule has 0 aromatic carbocycles. The van der Waals surface area contributed by atoms with Crippen LogP contribution in [0.25, 0.3) is 0 Å². The van der Waals surface area contributed by atoms with Gasteiger partial charge in [0, 0.05) is 25.2 Å². The highest BCUT2D eigenvalue weighted by Crippen LogP contribution is 2.26. The molecule has 3 heterocycles. The van der Waals surface area contributed by atoms with Crippen molar-refractivity contribution >= 4 is 11.6 Å². The summed E-state index contributed by atoms with van der Waals surface area (Å²) in [5, 5.41) is 8.98. The van der Waals surface area contributed by atoms with Gasteiger partial charge in [0.15, 0.2) is 5.82 Å². The maximum Gasteiger partial charge on any atom is 0.231 e. The third kappa shape index (κ3) is 3.67. The van der Waals surface area contributed by atoms with Crippen LogP contribution in [0.5, 0.6) is 0 Å². The molecular formula is C15H22ClN5O. The van der Waals surface area contributed by atoms with E-state index in [-0.39, 0.29) is 0 Å². The van der Waals surface area contributed by atoms with E-state index in [9.17, 15) is 0 Å². The Balaban J connectivity index is 1.56. The molecule has 1 aliphatic heterocycles. The fourth-order valence-corrected chi connectivity index (χ4v) is 2.97. The molecule has 1 saturated heterocycles. The highest BCUT2D eigenvalue weighted by molar-refractivity contribution is 6.30. The van der Waals surface area contributed by atoms with Crippen LogP contribution in [0.4, 0.5) is 0 Å². The maximum absolute atomic E-state index is 5.89. The number of likely N-dealkylation sites (tertiary alicyclic amines) is 1. The van der Waals surface area contributed by atoms with Crippen LogP contribution in [0, 0.1) is 0 Å². The van der Waals surface area contributed by atoms with Crippen molar-refractivity contribution in [2.75, 3.05) is 19.6 Å². The van der Waals surface area contributed by atoms with Gasteiger partial charge in [0.1, 0.15) is 0 Å². The van der Waals surface area contributed by atoms with Gasteiger partial charge in [0.05, 0.1) is 23.7 Å². The Morgan fingerprint density at radius 3 is 2.95 bits per heavy atom. The lowest BCUT2D eigenvalue weighted by Gasteiger charge is -2.30. The predicted molar refractivity (Wildman–Crippen MR) is 84.0 cm³/mol. The Bertz CT molecular complexity index is 609. The summed E-state index contributed by atoms with van der Waals surface area (Å²) < 4.78 is 7.34. The van der Waals surface area contributed by atoms with Crippen LogP contribution in [-0.2, 0) is 6.54 Å². The number of hydrogen-bond acceptors (Lipinski definition) is 5. The van der Waals surface area contributed by atoms with Gasteiger partial charge in [-0.25, -0.2) is 0 Å². The Kier molecular flexibility index (Phi) is 4.78. The Labute approximate surface area is 135 Å². The van der Waals surface area contributed by atoms with Gasteiger partial charge >= 0.3 is 0 Å². The van der Waals surface area contributed by atoms with Gasteiger partial charge in [-0.2, -0.15) is 10.1 Å². The molecule has 2 aromatic heterocycles. The van der Waals surface area contributed by atoms with Crippen LogP contribution in [-0.4, -0.2) is 44.5 Å². The van der Waals surface area contributed by atoms with Crippen molar-refractivity contribution in [3.05, 3.63) is 29.1 Å². The smallest absolute Gasteiger partial charge is 0.231 e. The molecule has 2 aromatic rings. The van der Waals surface area contributed by atoms with Crippen molar-refractivity contribution in [3.8, 4) is 0 Å². The van der Waals surface area contributed by atoms with Crippen LogP contribution in [0.2, 0.25) is 5.02 Å². The van der Waals surface area contributed by atoms with Crippen LogP contribution in [0.15, 0.2) is 16.9 Å². The summed E-state index contributed by atoms with van der Waals surface area (Å²) >= 11 is 5.89. The molecule has 6 nitrogen and oxygen atoms in total. The average molecular weight is 324 g/mol. The molecule has 0 aliphatic carbocycles. The van der Waals surface area contributed by atoms with E-state index in [1.54, 1.807) is 6.20 Å². The van der Waals surface area contributed by atoms with E-state index in [2.05, 4.69) is 34.0 Å². The number of nitrogens with zero attached hydrogens (tertiary/aromatic N) is 5. The second-order valence-electron chi connectivity index (χ2n) is 6.21. The average Bonchev–Trinajstić information content (AvgIpc) is 3.14. The first-order valence-corrected chi connectivity index (χ1v) is 8.23. The first-order chi connectivity index (χ1) is 10.6. The minimum Gasteiger partial charge on any atom is -0.339 e. The molecule has 1 fully saturated rings. The molecule has 120 valence electrons. The van der Waals surface area contributed by atoms with Crippen LogP contribution in [0.1, 0.15) is 50.2 Å². The maximum atomic E-state index is 5.89. The first kappa shape index (κ1) is 15.5. The number of halogens is 1. The summed E-state index contributed by atoms with van der Waals surface area (Å²) in [5.41, 5.74) is 0. The van der Waals surface area contributed by atoms with Gasteiger partial charge in [0.2, 0.25) is 5.89 Å². The van der Waals surface area contributed by atoms with E-state index < -0.39 is 0 Å². The summed E-state index contributed by atoms with van der Waals surface area (Å²) in [5.74, 6) is 2.24. The van der Waals surface area contributed by atoms with E-state index in [0.717, 1.165) is 50.7 Å². The third-order valence-corrected chi connectivity index (χ3v) is 4.27. The Hall–Kier alpha value is -1.40. The third-order valence-electron chi connectivity index (χ3n) is 4.08. The zero-order chi connectivity index (χ0) is 15.5. The molecule has 1 aliphatic rings. The normalized spacial score (nSPS) is 19.9. The highest BCUT2D eigenvalue weighted by atomic mass is 35.5. The molecular weight excluding hydrogens is 302 g/mol. The van der Waals surface area contributed by atoms with E-state index in [1.165, 1.54) is 0 Å². The van der Waals surface area contributed by atoms with Gasteiger partial charge in [-0.05, 0) is 19.4 Å². The molecule has 0 saturated carbocycles. The van der Waals surface area contributed by atoms with Crippen molar-refractivity contribution in [2.24, 2.45) is 0 Å². The first-order valence-electron chi connectivity index (χ1n) is 7.85. The quantitative estimate of drug-likeness (QED) is 0.846. The van der Waals surface area contributed by atoms with Gasteiger partial charge in [0.25, 0.3) is 0 Å². The van der Waals surface area contributed by atoms with Crippen molar-refractivity contribution in [3.63, 3.8) is 0 Å². The number of rotatable bonds is 5. The summed E-state index contributed by atoms with van der Waals surface area (Å²) in [7, 11) is 0. The van der Waals surface area contributed by atoms with Gasteiger partial charge in [-0.15, -0.1) is 0 Å². The molecule has 0 radical (unpaired) electrons. The van der Waals surface area contributed by atoms with E-state index in [1.807, 2.05) is 10.9 Å². The zero-order valence-electron chi connectivity index (χ0n) is 13.1. The molecule has 1 atom stereocenters. The lowest BCUT2D eigenvalue weighted by Crippen LogP contribution is -2.36. The van der Waals surface area contributed by atoms with Crippen molar-refractivity contribution in [2.45, 2.75) is 45.1 Å². The number of hydrogen-bond donors (Lipinski definition) is 0. The topological polar surface area (TPSA) is 60.0 Å². The van der Waals surface area contributed by atoms with Crippen LogP contribution < -0.4 is 0 Å². The summed E-state index contributed by atoms with van der Waals surface area (Å²) in [4.78, 5) is 6.98. The standard InChI is InChI=1S/C15H22ClN5O/c1-11(2)14-18-15(22-19-14)12-4-3-5-20(9-12)6-7-21-10-13(16)8-17-21/h8,10-12H,3-7,9H2,1-2H3/t12-/m0/s1. The van der Waals surface area contributed by atoms with E-state index in [0.29, 0.717) is 16.9 Å². The molecule has 0 spiro atoms. The summed E-state index contributed by atoms with van der Waals surface area (Å²) in [6.45, 7) is 8.04. The SMILES string of the molecule is CC(C)c1noc([C@H]2CCCN(CCn3cc(Cl)cn3)C2)n1. The Morgan fingerprint density at radius 2 is 2.27 bits per heavy atom. The molecule has 0 bridgehead atoms. The van der Waals surface area contributed by atoms with Crippen molar-refractivity contribution in [1.82, 2.24) is 24.8 Å². The Morgan fingerprint density at radius 1 is 1.41 bits per heavy atom. The van der Waals surface area contributed by atoms with Gasteiger partial charge < -0.3 is 9.42 Å². The van der Waals surface area contributed by atoms with Gasteiger partial charge in [-0.1, -0.05) is 30.6 Å². The monoisotopic (exact) mass is 323 g/mol. The molecule has 0 unspecified atom stereocenters. The number of aromatic nitrogens is 4.